The molecule has 0 aromatic heterocycles. The lowest BCUT2D eigenvalue weighted by Crippen LogP contribution is -2.36. The number of hydrogen-bond acceptors (Lipinski definition) is 6. The molecule has 2 N–H and O–H groups in total. The first-order chi connectivity index (χ1) is 17.9. The van der Waals surface area contributed by atoms with Crippen LogP contribution in [0.25, 0.3) is 0 Å². The van der Waals surface area contributed by atoms with Crippen molar-refractivity contribution < 1.29 is 19.1 Å². The average molecular weight is 652 g/mol. The van der Waals surface area contributed by atoms with Crippen LogP contribution in [0.1, 0.15) is 38.8 Å². The molecule has 0 aliphatic heterocycles. The Labute approximate surface area is 244 Å². The quantitative estimate of drug-likeness (QED) is 0.137. The number of esters is 2. The Bertz CT molecular complexity index is 966. The number of carbonyl (C=O) groups excluding carboxylic acids is 2. The fourth-order valence-electron chi connectivity index (χ4n) is 3.12. The highest BCUT2D eigenvalue weighted by Crippen LogP contribution is 2.42. The van der Waals surface area contributed by atoms with Crippen molar-refractivity contribution in [3.05, 3.63) is 96.6 Å². The molecule has 6 nitrogen and oxygen atoms in total. The van der Waals surface area contributed by atoms with Crippen molar-refractivity contribution in [2.24, 2.45) is 16.6 Å². The predicted octanol–water partition coefficient (Wildman–Crippen LogP) is 6.51. The van der Waals surface area contributed by atoms with Crippen molar-refractivity contribution in [3.8, 4) is 0 Å². The second-order valence-electron chi connectivity index (χ2n) is 7.79. The van der Waals surface area contributed by atoms with Gasteiger partial charge in [0.25, 0.3) is 0 Å². The summed E-state index contributed by atoms with van der Waals surface area (Å²) in [7, 11) is 0. The van der Waals surface area contributed by atoms with Gasteiger partial charge in [0, 0.05) is 27.7 Å². The molecule has 2 atom stereocenters. The molecule has 3 rings (SSSR count). The van der Waals surface area contributed by atoms with Gasteiger partial charge in [0.15, 0.2) is 0 Å². The van der Waals surface area contributed by atoms with Crippen molar-refractivity contribution in [2.45, 2.75) is 33.2 Å². The summed E-state index contributed by atoms with van der Waals surface area (Å²) in [6, 6.07) is 19.7. The third kappa shape index (κ3) is 12.8. The lowest BCUT2D eigenvalue weighted by molar-refractivity contribution is -0.146. The van der Waals surface area contributed by atoms with Gasteiger partial charge in [-0.3, -0.25) is 14.6 Å². The van der Waals surface area contributed by atoms with Gasteiger partial charge in [-0.15, -0.1) is 6.58 Å². The molecule has 0 amide bonds. The number of rotatable bonds is 10. The summed E-state index contributed by atoms with van der Waals surface area (Å²) >= 11 is 6.49. The topological polar surface area (TPSA) is 91.0 Å². The zero-order valence-corrected chi connectivity index (χ0v) is 24.6. The Morgan fingerprint density at radius 1 is 0.974 bits per heavy atom. The minimum Gasteiger partial charge on any atom is -0.465 e. The molecule has 208 valence electrons. The van der Waals surface area contributed by atoms with E-state index in [2.05, 4.69) is 55.6 Å². The van der Waals surface area contributed by atoms with Crippen LogP contribution < -0.4 is 5.73 Å². The zero-order valence-electron chi connectivity index (χ0n) is 21.4. The molecule has 0 heterocycles. The number of aliphatic imine (C=N–C) groups is 1. The van der Waals surface area contributed by atoms with Crippen LogP contribution in [0.2, 0.25) is 0 Å². The van der Waals surface area contributed by atoms with Gasteiger partial charge in [0.1, 0.15) is 12.1 Å². The van der Waals surface area contributed by atoms with Crippen LogP contribution in [-0.4, -0.2) is 53.6 Å². The molecule has 2 unspecified atom stereocenters. The molecule has 38 heavy (non-hydrogen) atoms. The number of benzene rings is 2. The molecule has 0 radical (unpaired) electrons. The van der Waals surface area contributed by atoms with E-state index in [1.807, 2.05) is 60.7 Å². The van der Waals surface area contributed by atoms with Crippen LogP contribution in [0.5, 0.6) is 0 Å². The van der Waals surface area contributed by atoms with Gasteiger partial charge in [0.05, 0.1) is 18.9 Å². The minimum absolute atomic E-state index is 0. The van der Waals surface area contributed by atoms with Gasteiger partial charge >= 0.3 is 11.9 Å². The molecular formula is C30H40Br2N2O4. The molecule has 2 aromatic rings. The van der Waals surface area contributed by atoms with Gasteiger partial charge < -0.3 is 15.2 Å². The first kappa shape index (κ1) is 35.5. The van der Waals surface area contributed by atoms with Crippen LogP contribution >= 0.6 is 31.9 Å². The molecule has 0 spiro atoms. The molecule has 0 bridgehead atoms. The van der Waals surface area contributed by atoms with E-state index in [1.54, 1.807) is 19.9 Å². The van der Waals surface area contributed by atoms with Gasteiger partial charge in [-0.2, -0.15) is 0 Å². The number of allylic oxidation sites excluding steroid dienone is 2. The maximum Gasteiger partial charge on any atom is 0.327 e. The van der Waals surface area contributed by atoms with Crippen LogP contribution in [0.3, 0.4) is 0 Å². The van der Waals surface area contributed by atoms with E-state index in [0.717, 1.165) is 27.5 Å². The Hall–Kier alpha value is -2.55. The highest BCUT2D eigenvalue weighted by Gasteiger charge is 2.56. The standard InChI is InChI=1S/C17H17NO2.C8H13NO2.C4H6Br2.CH4/c1-2-20-16(19)13-18-17(14-9-5-3-6-10-14)15-11-7-4-8-12-15;1-3-6-5-8(6,9)7(10)11-4-2;5-3-1-2-4-6;/h3-12H,2,13H2,1H3;3,6H,1,4-5,9H2,2H3;1-2H,3-4H2;1H4. The van der Waals surface area contributed by atoms with E-state index >= 15 is 0 Å². The van der Waals surface area contributed by atoms with Crippen molar-refractivity contribution in [3.63, 3.8) is 0 Å². The highest BCUT2D eigenvalue weighted by atomic mass is 79.9. The molecule has 2 aromatic carbocycles. The fraction of sp³-hybridized carbons (Fsp3) is 0.367. The van der Waals surface area contributed by atoms with E-state index in [1.165, 1.54) is 0 Å². The number of ether oxygens (including phenoxy) is 2. The third-order valence-electron chi connectivity index (χ3n) is 5.11. The summed E-state index contributed by atoms with van der Waals surface area (Å²) in [6.45, 7) is 7.93. The maximum absolute atomic E-state index is 11.5. The monoisotopic (exact) mass is 650 g/mol. The van der Waals surface area contributed by atoms with E-state index in [0.29, 0.717) is 19.6 Å². The van der Waals surface area contributed by atoms with Crippen molar-refractivity contribution in [2.75, 3.05) is 30.4 Å². The minimum atomic E-state index is -0.752. The molecule has 1 fully saturated rings. The lowest BCUT2D eigenvalue weighted by atomic mass is 10.0. The highest BCUT2D eigenvalue weighted by molar-refractivity contribution is 9.09. The molecule has 1 aliphatic carbocycles. The number of alkyl halides is 2. The third-order valence-corrected chi connectivity index (χ3v) is 5.86. The zero-order chi connectivity index (χ0) is 27.5. The lowest BCUT2D eigenvalue weighted by Gasteiger charge is -2.07. The van der Waals surface area contributed by atoms with Crippen molar-refractivity contribution >= 4 is 49.5 Å². The summed E-state index contributed by atoms with van der Waals surface area (Å²) in [6.07, 6.45) is 6.48. The summed E-state index contributed by atoms with van der Waals surface area (Å²) in [4.78, 5) is 27.0. The van der Waals surface area contributed by atoms with Crippen LogP contribution in [0.15, 0.2) is 90.5 Å². The molecule has 8 heteroatoms. The number of nitrogens with two attached hydrogens (primary N) is 1. The second-order valence-corrected chi connectivity index (χ2v) is 9.08. The number of carbonyl (C=O) groups is 2. The van der Waals surface area contributed by atoms with E-state index in [4.69, 9.17) is 15.2 Å². The van der Waals surface area contributed by atoms with Gasteiger partial charge in [-0.1, -0.05) is 118 Å². The first-order valence-electron chi connectivity index (χ1n) is 12.0. The van der Waals surface area contributed by atoms with Gasteiger partial charge in [-0.05, 0) is 20.3 Å². The van der Waals surface area contributed by atoms with E-state index in [-0.39, 0.29) is 31.8 Å². The van der Waals surface area contributed by atoms with E-state index < -0.39 is 5.54 Å². The number of nitrogens with zero attached hydrogens (tertiary/aromatic N) is 1. The maximum atomic E-state index is 11.5. The van der Waals surface area contributed by atoms with Gasteiger partial charge in [-0.25, -0.2) is 0 Å². The predicted molar refractivity (Wildman–Crippen MR) is 165 cm³/mol. The Morgan fingerprint density at radius 3 is 1.82 bits per heavy atom. The fourth-order valence-corrected chi connectivity index (χ4v) is 3.64. The summed E-state index contributed by atoms with van der Waals surface area (Å²) in [5.41, 5.74) is 7.72. The Balaban J connectivity index is 0.000000640. The second kappa shape index (κ2) is 20.4. The van der Waals surface area contributed by atoms with Crippen LogP contribution in [0.4, 0.5) is 0 Å². The summed E-state index contributed by atoms with van der Waals surface area (Å²) < 4.78 is 9.71. The van der Waals surface area contributed by atoms with Crippen LogP contribution in [0, 0.1) is 5.92 Å². The normalized spacial score (nSPS) is 16.8. The van der Waals surface area contributed by atoms with E-state index in [9.17, 15) is 9.59 Å². The van der Waals surface area contributed by atoms with Crippen molar-refractivity contribution in [1.29, 1.82) is 0 Å². The molecular weight excluding hydrogens is 612 g/mol. The molecule has 1 aliphatic rings. The van der Waals surface area contributed by atoms with Gasteiger partial charge in [0.2, 0.25) is 0 Å². The molecule has 1 saturated carbocycles. The number of halogens is 2. The number of hydrogen-bond donors (Lipinski definition) is 1. The summed E-state index contributed by atoms with van der Waals surface area (Å²) in [5.74, 6) is -0.497. The Kier molecular flexibility index (Phi) is 19.0. The first-order valence-corrected chi connectivity index (χ1v) is 14.3. The smallest absolute Gasteiger partial charge is 0.327 e. The SMILES string of the molecule is BrCC=CCBr.C.C=CC1CC1(N)C(=O)OCC.CCOC(=O)CN=C(c1ccccc1)c1ccccc1. The average Bonchev–Trinajstić information content (AvgIpc) is 3.61. The molecule has 0 saturated heterocycles. The Morgan fingerprint density at radius 2 is 1.45 bits per heavy atom. The van der Waals surface area contributed by atoms with Crippen LogP contribution in [-0.2, 0) is 19.1 Å². The summed E-state index contributed by atoms with van der Waals surface area (Å²) in [5, 5.41) is 1.91. The van der Waals surface area contributed by atoms with Crippen molar-refractivity contribution in [1.82, 2.24) is 0 Å². The largest absolute Gasteiger partial charge is 0.465 e.